The van der Waals surface area contributed by atoms with Crippen LogP contribution in [0.2, 0.25) is 5.02 Å². The first-order chi connectivity index (χ1) is 10.8. The summed E-state index contributed by atoms with van der Waals surface area (Å²) < 4.78 is 38.6. The van der Waals surface area contributed by atoms with Gasteiger partial charge in [-0.1, -0.05) is 23.7 Å². The molecule has 0 aliphatic heterocycles. The Morgan fingerprint density at radius 2 is 1.70 bits per heavy atom. The molecule has 2 aromatic rings. The van der Waals surface area contributed by atoms with Gasteiger partial charge < -0.3 is 5.73 Å². The fraction of sp³-hybridized carbons (Fsp3) is 0.188. The number of sulfone groups is 1. The molecule has 0 amide bonds. The van der Waals surface area contributed by atoms with Gasteiger partial charge in [-0.15, -0.1) is 0 Å². The molecule has 3 atom stereocenters. The highest BCUT2D eigenvalue weighted by Gasteiger charge is 2.70. The molecule has 23 heavy (non-hydrogen) atoms. The van der Waals surface area contributed by atoms with Gasteiger partial charge in [0.2, 0.25) is 0 Å². The van der Waals surface area contributed by atoms with Crippen molar-refractivity contribution < 1.29 is 12.8 Å². The lowest BCUT2D eigenvalue weighted by Gasteiger charge is -2.04. The normalized spacial score (nSPS) is 26.5. The first-order valence-electron chi connectivity index (χ1n) is 6.76. The van der Waals surface area contributed by atoms with Crippen molar-refractivity contribution in [3.05, 3.63) is 64.9 Å². The van der Waals surface area contributed by atoms with Crippen LogP contribution in [0.5, 0.6) is 0 Å². The monoisotopic (exact) mass is 350 g/mol. The van der Waals surface area contributed by atoms with E-state index in [1.165, 1.54) is 48.5 Å². The maximum Gasteiger partial charge on any atom is 0.184 e. The predicted octanol–water partition coefficient (Wildman–Crippen LogP) is 2.64. The van der Waals surface area contributed by atoms with Crippen LogP contribution in [0, 0.1) is 17.1 Å². The molecule has 0 saturated heterocycles. The predicted molar refractivity (Wildman–Crippen MR) is 84.1 cm³/mol. The molecule has 7 heteroatoms. The van der Waals surface area contributed by atoms with E-state index in [1.807, 2.05) is 6.07 Å². The summed E-state index contributed by atoms with van der Waals surface area (Å²) in [6.07, 6.45) is 0. The molecule has 118 valence electrons. The smallest absolute Gasteiger partial charge is 0.184 e. The third-order valence-corrected chi connectivity index (χ3v) is 6.59. The second-order valence-corrected chi connectivity index (χ2v) is 8.00. The van der Waals surface area contributed by atoms with Crippen LogP contribution in [0.3, 0.4) is 0 Å². The van der Waals surface area contributed by atoms with Crippen LogP contribution in [0.15, 0.2) is 53.4 Å². The summed E-state index contributed by atoms with van der Waals surface area (Å²) in [7, 11) is -3.81. The summed E-state index contributed by atoms with van der Waals surface area (Å²) in [6, 6.07) is 12.9. The highest BCUT2D eigenvalue weighted by atomic mass is 35.5. The van der Waals surface area contributed by atoms with Crippen molar-refractivity contribution >= 4 is 21.4 Å². The molecular formula is C16H12ClFN2O2S. The molecule has 4 nitrogen and oxygen atoms in total. The van der Waals surface area contributed by atoms with E-state index in [1.54, 1.807) is 0 Å². The van der Waals surface area contributed by atoms with E-state index < -0.39 is 32.4 Å². The van der Waals surface area contributed by atoms with Crippen LogP contribution in [-0.4, -0.2) is 19.2 Å². The van der Waals surface area contributed by atoms with Crippen LogP contribution in [0.25, 0.3) is 0 Å². The topological polar surface area (TPSA) is 83.9 Å². The van der Waals surface area contributed by atoms with Gasteiger partial charge in [0.15, 0.2) is 9.84 Å². The first-order valence-corrected chi connectivity index (χ1v) is 8.68. The second-order valence-electron chi connectivity index (χ2n) is 5.49. The van der Waals surface area contributed by atoms with Crippen molar-refractivity contribution in [3.8, 4) is 6.07 Å². The maximum absolute atomic E-state index is 13.1. The molecule has 3 rings (SSSR count). The molecule has 1 saturated carbocycles. The summed E-state index contributed by atoms with van der Waals surface area (Å²) in [5, 5.41) is 8.68. The van der Waals surface area contributed by atoms with Crippen LogP contribution >= 0.6 is 11.6 Å². The van der Waals surface area contributed by atoms with E-state index in [2.05, 4.69) is 0 Å². The average molecular weight is 351 g/mol. The van der Waals surface area contributed by atoms with Gasteiger partial charge in [0.05, 0.1) is 11.0 Å². The molecule has 0 bridgehead atoms. The summed E-state index contributed by atoms with van der Waals surface area (Å²) in [5.74, 6) is -1.14. The van der Waals surface area contributed by atoms with Gasteiger partial charge >= 0.3 is 0 Å². The van der Waals surface area contributed by atoms with Gasteiger partial charge in [-0.3, -0.25) is 0 Å². The molecule has 0 radical (unpaired) electrons. The van der Waals surface area contributed by atoms with Crippen molar-refractivity contribution in [1.29, 1.82) is 5.26 Å². The molecule has 0 spiro atoms. The molecule has 0 aromatic heterocycles. The van der Waals surface area contributed by atoms with Crippen LogP contribution in [0.4, 0.5) is 4.39 Å². The quantitative estimate of drug-likeness (QED) is 0.922. The first kappa shape index (κ1) is 15.9. The van der Waals surface area contributed by atoms with Crippen molar-refractivity contribution in [2.45, 2.75) is 21.6 Å². The third-order valence-electron chi connectivity index (χ3n) is 4.08. The summed E-state index contributed by atoms with van der Waals surface area (Å²) in [4.78, 5) is 0.0570. The lowest BCUT2D eigenvalue weighted by molar-refractivity contribution is 0.592. The zero-order valence-corrected chi connectivity index (χ0v) is 13.4. The van der Waals surface area contributed by atoms with E-state index in [9.17, 15) is 18.1 Å². The summed E-state index contributed by atoms with van der Waals surface area (Å²) >= 11 is 5.77. The van der Waals surface area contributed by atoms with Crippen molar-refractivity contribution in [2.24, 2.45) is 5.73 Å². The number of benzene rings is 2. The summed E-state index contributed by atoms with van der Waals surface area (Å²) in [6.45, 7) is 0. The minimum absolute atomic E-state index is 0.0570. The molecule has 1 aliphatic rings. The van der Waals surface area contributed by atoms with Gasteiger partial charge in [-0.25, -0.2) is 12.8 Å². The fourth-order valence-electron chi connectivity index (χ4n) is 2.83. The number of nitrogens with two attached hydrogens (primary N) is 1. The van der Waals surface area contributed by atoms with E-state index in [0.29, 0.717) is 10.6 Å². The Labute approximate surface area is 138 Å². The molecular weight excluding hydrogens is 339 g/mol. The Morgan fingerprint density at radius 3 is 2.22 bits per heavy atom. The largest absolute Gasteiger partial charge is 0.312 e. The van der Waals surface area contributed by atoms with E-state index >= 15 is 0 Å². The lowest BCUT2D eigenvalue weighted by atomic mass is 10.1. The van der Waals surface area contributed by atoms with Gasteiger partial charge in [0.25, 0.3) is 0 Å². The number of halogens is 2. The minimum atomic E-state index is -3.81. The highest BCUT2D eigenvalue weighted by molar-refractivity contribution is 7.92. The number of rotatable bonds is 3. The van der Waals surface area contributed by atoms with Crippen LogP contribution in [-0.2, 0) is 9.84 Å². The summed E-state index contributed by atoms with van der Waals surface area (Å²) in [5.41, 5.74) is 4.99. The zero-order chi connectivity index (χ0) is 16.8. The Hall–Kier alpha value is -1.94. The second kappa shape index (κ2) is 5.31. The Bertz CT molecular complexity index is 891. The Kier molecular flexibility index (Phi) is 3.68. The van der Waals surface area contributed by atoms with Gasteiger partial charge in [-0.2, -0.15) is 5.26 Å². The maximum atomic E-state index is 13.1. The standard InChI is InChI=1S/C16H12ClFN2O2S/c17-11-3-7-13(8-4-11)23(21,22)15-14(16(15,20)9-19)10-1-5-12(18)6-2-10/h1-8,14-15H,20H2. The number of nitriles is 1. The van der Waals surface area contributed by atoms with Crippen molar-refractivity contribution in [1.82, 2.24) is 0 Å². The van der Waals surface area contributed by atoms with E-state index in [4.69, 9.17) is 17.3 Å². The fourth-order valence-corrected chi connectivity index (χ4v) is 5.14. The molecule has 3 unspecified atom stereocenters. The van der Waals surface area contributed by atoms with Gasteiger partial charge in [0.1, 0.15) is 16.6 Å². The third kappa shape index (κ3) is 2.51. The molecule has 2 N–H and O–H groups in total. The Balaban J connectivity index is 2.03. The van der Waals surface area contributed by atoms with Crippen LogP contribution < -0.4 is 5.73 Å². The molecule has 0 heterocycles. The van der Waals surface area contributed by atoms with E-state index in [-0.39, 0.29) is 4.90 Å². The van der Waals surface area contributed by atoms with Crippen molar-refractivity contribution in [2.75, 3.05) is 0 Å². The minimum Gasteiger partial charge on any atom is -0.312 e. The highest BCUT2D eigenvalue weighted by Crippen LogP contribution is 2.55. The molecule has 2 aromatic carbocycles. The molecule has 1 aliphatic carbocycles. The Morgan fingerprint density at radius 1 is 1.13 bits per heavy atom. The van der Waals surface area contributed by atoms with Gasteiger partial charge in [0, 0.05) is 10.9 Å². The number of nitrogens with zero attached hydrogens (tertiary/aromatic N) is 1. The van der Waals surface area contributed by atoms with Crippen LogP contribution in [0.1, 0.15) is 11.5 Å². The lowest BCUT2D eigenvalue weighted by Crippen LogP contribution is -2.29. The van der Waals surface area contributed by atoms with Crippen molar-refractivity contribution in [3.63, 3.8) is 0 Å². The van der Waals surface area contributed by atoms with E-state index in [0.717, 1.165) is 0 Å². The zero-order valence-electron chi connectivity index (χ0n) is 11.8. The molecule has 1 fully saturated rings. The number of hydrogen-bond acceptors (Lipinski definition) is 4. The van der Waals surface area contributed by atoms with Gasteiger partial charge in [-0.05, 0) is 42.0 Å². The SMILES string of the molecule is N#CC1(N)C(c2ccc(F)cc2)C1S(=O)(=O)c1ccc(Cl)cc1. The number of hydrogen-bond donors (Lipinski definition) is 1. The average Bonchev–Trinajstić information content (AvgIpc) is 3.16.